The Morgan fingerprint density at radius 1 is 0.636 bits per heavy atom. The van der Waals surface area contributed by atoms with Gasteiger partial charge in [-0.3, -0.25) is 0 Å². The zero-order chi connectivity index (χ0) is 21.0. The maximum Gasteiger partial charge on any atom is 2.00 e. The van der Waals surface area contributed by atoms with E-state index in [1.807, 2.05) is 42.5 Å². The van der Waals surface area contributed by atoms with Crippen molar-refractivity contribution in [2.75, 3.05) is 0 Å². The fourth-order valence-corrected chi connectivity index (χ4v) is 3.33. The third kappa shape index (κ3) is 6.23. The van der Waals surface area contributed by atoms with E-state index in [2.05, 4.69) is 56.3 Å². The van der Waals surface area contributed by atoms with E-state index in [0.717, 1.165) is 44.8 Å². The number of fused-ring (bicyclic) bond motifs is 8. The maximum atomic E-state index is 8.60. The minimum absolute atomic E-state index is 0. The molecule has 0 aliphatic carbocycles. The number of nitrogens with zero attached hydrogens (tertiary/aromatic N) is 2. The van der Waals surface area contributed by atoms with E-state index in [1.165, 1.54) is 6.07 Å². The van der Waals surface area contributed by atoms with Crippen LogP contribution in [0.2, 0.25) is 0 Å². The van der Waals surface area contributed by atoms with Crippen LogP contribution in [0, 0.1) is 6.07 Å². The molecule has 7 heteroatoms. The Morgan fingerprint density at radius 3 is 1.48 bits per heavy atom. The van der Waals surface area contributed by atoms with Crippen LogP contribution >= 0.6 is 0 Å². The zero-order valence-electron chi connectivity index (χ0n) is 17.3. The Labute approximate surface area is 207 Å². The second-order valence-electron chi connectivity index (χ2n) is 7.17. The van der Waals surface area contributed by atoms with E-state index in [9.17, 15) is 0 Å². The molecule has 0 fully saturated rings. The number of rotatable bonds is 0. The van der Waals surface area contributed by atoms with Crippen LogP contribution in [0.25, 0.3) is 46.4 Å². The molecule has 8 bridgehead atoms. The molecule has 1 aromatic carbocycles. The molecule has 0 amide bonds. The van der Waals surface area contributed by atoms with Crippen molar-refractivity contribution < 1.29 is 34.3 Å². The van der Waals surface area contributed by atoms with Gasteiger partial charge in [-0.2, -0.15) is 18.2 Å². The number of aromatic amines is 2. The monoisotopic (exact) mass is 497 g/mol. The summed E-state index contributed by atoms with van der Waals surface area (Å²) in [5.74, 6) is 0.266. The van der Waals surface area contributed by atoms with Crippen molar-refractivity contribution in [3.8, 4) is 5.75 Å². The molecule has 1 radical (unpaired) electrons. The molecule has 5 nitrogen and oxygen atoms in total. The number of H-pyrrole nitrogens is 2. The van der Waals surface area contributed by atoms with Crippen molar-refractivity contribution in [1.82, 2.24) is 19.9 Å². The summed E-state index contributed by atoms with van der Waals surface area (Å²) in [6.07, 6.45) is 8.05. The topological polar surface area (TPSA) is 77.6 Å². The second kappa shape index (κ2) is 10.8. The van der Waals surface area contributed by atoms with Gasteiger partial charge in [0, 0.05) is 27.8 Å². The van der Waals surface area contributed by atoms with Crippen molar-refractivity contribution in [3.63, 3.8) is 0 Å². The molecule has 4 aromatic rings. The molecule has 5 heterocycles. The first kappa shape index (κ1) is 24.1. The third-order valence-corrected chi connectivity index (χ3v) is 4.73. The number of benzene rings is 1. The predicted molar refractivity (Wildman–Crippen MR) is 126 cm³/mol. The Morgan fingerprint density at radius 2 is 1.09 bits per heavy atom. The second-order valence-corrected chi connectivity index (χ2v) is 7.17. The minimum Gasteiger partial charge on any atom is -1.00 e. The van der Waals surface area contributed by atoms with Gasteiger partial charge in [0.1, 0.15) is 0 Å². The van der Waals surface area contributed by atoms with Crippen molar-refractivity contribution in [2.24, 2.45) is 0 Å². The van der Waals surface area contributed by atoms with Crippen molar-refractivity contribution in [2.45, 2.75) is 0 Å². The van der Waals surface area contributed by atoms with E-state index in [-0.39, 0.29) is 34.9 Å². The summed E-state index contributed by atoms with van der Waals surface area (Å²) < 4.78 is 0. The van der Waals surface area contributed by atoms with Gasteiger partial charge in [0.2, 0.25) is 0 Å². The summed E-state index contributed by atoms with van der Waals surface area (Å²) >= 11 is 0. The van der Waals surface area contributed by atoms with Gasteiger partial charge in [-0.15, -0.1) is 12.1 Å². The first-order valence-electron chi connectivity index (χ1n) is 9.89. The van der Waals surface area contributed by atoms with Gasteiger partial charge < -0.3 is 27.5 Å². The van der Waals surface area contributed by atoms with Gasteiger partial charge in [-0.05, 0) is 72.8 Å². The van der Waals surface area contributed by atoms with Gasteiger partial charge in [0.05, 0.1) is 22.8 Å². The predicted octanol–water partition coefficient (Wildman–Crippen LogP) is 2.85. The van der Waals surface area contributed by atoms with E-state index < -0.39 is 0 Å². The average molecular weight is 498 g/mol. The minimum atomic E-state index is 0. The third-order valence-electron chi connectivity index (χ3n) is 4.73. The molecule has 165 valence electrons. The van der Waals surface area contributed by atoms with E-state index in [4.69, 9.17) is 5.11 Å². The van der Waals surface area contributed by atoms with Gasteiger partial charge in [-0.25, -0.2) is 9.97 Å². The fraction of sp³-hybridized carbons (Fsp3) is 0. The fourth-order valence-electron chi connectivity index (χ4n) is 3.33. The zero-order valence-corrected chi connectivity index (χ0v) is 19.1. The number of aromatic nitrogens is 4. The van der Waals surface area contributed by atoms with E-state index in [0.29, 0.717) is 0 Å². The average Bonchev–Trinajstić information content (AvgIpc) is 3.55. The molecule has 6 rings (SSSR count). The summed E-state index contributed by atoms with van der Waals surface area (Å²) in [4.78, 5) is 16.0. The van der Waals surface area contributed by atoms with Crippen LogP contribution < -0.4 is 12.4 Å². The van der Waals surface area contributed by atoms with Crippen LogP contribution in [-0.2, 0) is 16.8 Å². The number of phenolic OH excluding ortho intramolecular Hbond substituents is 1. The van der Waals surface area contributed by atoms with Gasteiger partial charge >= 0.3 is 16.8 Å². The molecule has 0 spiro atoms. The number of hydrogen-bond acceptors (Lipinski definition) is 3. The SMILES string of the molecule is C1=Cc2cc3ccc(cc4ccc(cc5nc(cc1n2)C=C5)[nH]4)[nH]3.Oc1c[c-]ccc1.[Cl-].[Co+2]. The van der Waals surface area contributed by atoms with Crippen LogP contribution in [0.4, 0.5) is 0 Å². The quantitative estimate of drug-likeness (QED) is 0.282. The first-order valence-corrected chi connectivity index (χ1v) is 9.89. The molecule has 33 heavy (non-hydrogen) atoms. The summed E-state index contributed by atoms with van der Waals surface area (Å²) in [6, 6.07) is 25.7. The van der Waals surface area contributed by atoms with Gasteiger partial charge in [0.25, 0.3) is 0 Å². The molecule has 3 N–H and O–H groups in total. The molecule has 2 aliphatic heterocycles. The van der Waals surface area contributed by atoms with E-state index in [1.54, 1.807) is 18.2 Å². The molecule has 0 saturated carbocycles. The molecule has 2 aliphatic rings. The largest absolute Gasteiger partial charge is 2.00 e. The summed E-state index contributed by atoms with van der Waals surface area (Å²) in [5.41, 5.74) is 7.86. The standard InChI is InChI=1S/C20H14N4.C6H5O.ClH.Co/c1-2-14-10-16-5-6-18(23-16)12-20-8-7-19(24-20)11-17-4-3-15(22-17)9-13(1)21-14;7-6-4-2-1-3-5-6;;/h1-12,21-22H;1-2,4-5,7H;1H;/q;-1;;+2/p-1. The Hall–Kier alpha value is -3.58. The maximum absolute atomic E-state index is 8.60. The van der Waals surface area contributed by atoms with Crippen LogP contribution in [0.15, 0.2) is 72.8 Å². The Balaban J connectivity index is 0.000000296. The van der Waals surface area contributed by atoms with Gasteiger partial charge in [0.15, 0.2) is 0 Å². The number of hydrogen-bond donors (Lipinski definition) is 3. The number of halogens is 1. The van der Waals surface area contributed by atoms with Gasteiger partial charge in [-0.1, -0.05) is 0 Å². The molecule has 0 atom stereocenters. The Bertz CT molecular complexity index is 1370. The van der Waals surface area contributed by atoms with Crippen LogP contribution in [0.1, 0.15) is 22.8 Å². The summed E-state index contributed by atoms with van der Waals surface area (Å²) in [5, 5.41) is 8.60. The summed E-state index contributed by atoms with van der Waals surface area (Å²) in [6.45, 7) is 0. The normalized spacial score (nSPS) is 11.0. The van der Waals surface area contributed by atoms with Crippen LogP contribution in [-0.4, -0.2) is 25.0 Å². The Kier molecular flexibility index (Phi) is 7.90. The van der Waals surface area contributed by atoms with Crippen molar-refractivity contribution in [1.29, 1.82) is 0 Å². The first-order chi connectivity index (χ1) is 15.2. The van der Waals surface area contributed by atoms with Crippen LogP contribution in [0.3, 0.4) is 0 Å². The van der Waals surface area contributed by atoms with Crippen LogP contribution in [0.5, 0.6) is 5.75 Å². The van der Waals surface area contributed by atoms with Crippen molar-refractivity contribution in [3.05, 3.63) is 102 Å². The molecular weight excluding hydrogens is 479 g/mol. The smallest absolute Gasteiger partial charge is 1.00 e. The molecular formula is C26H19ClCoN4O. The molecule has 0 saturated heterocycles. The van der Waals surface area contributed by atoms with E-state index >= 15 is 0 Å². The number of nitrogens with one attached hydrogen (secondary N) is 2. The molecule has 0 unspecified atom stereocenters. The summed E-state index contributed by atoms with van der Waals surface area (Å²) in [7, 11) is 0. The number of aromatic hydroxyl groups is 1. The van der Waals surface area contributed by atoms with Crippen molar-refractivity contribution >= 4 is 46.4 Å². The number of phenols is 1. The molecule has 3 aromatic heterocycles.